The fourth-order valence-electron chi connectivity index (χ4n) is 3.44. The summed E-state index contributed by atoms with van der Waals surface area (Å²) in [5.74, 6) is -0.906. The van der Waals surface area contributed by atoms with Crippen molar-refractivity contribution in [3.63, 3.8) is 0 Å². The fraction of sp³-hybridized carbons (Fsp3) is 0.933. The molecule has 0 bridgehead atoms. The molecule has 2 amide bonds. The zero-order chi connectivity index (χ0) is 16.4. The van der Waals surface area contributed by atoms with Gasteiger partial charge in [-0.15, -0.1) is 0 Å². The quantitative estimate of drug-likeness (QED) is 0.859. The maximum atomic E-state index is 12.6. The second-order valence-electron chi connectivity index (χ2n) is 6.65. The summed E-state index contributed by atoms with van der Waals surface area (Å²) >= 11 is 0. The molecule has 1 N–H and O–H groups in total. The average molecular weight is 336 g/mol. The van der Waals surface area contributed by atoms with E-state index in [2.05, 4.69) is 5.32 Å². The van der Waals surface area contributed by atoms with Gasteiger partial charge in [0.1, 0.15) is 0 Å². The van der Waals surface area contributed by atoms with E-state index >= 15 is 0 Å². The number of rotatable bonds is 3. The fourth-order valence-corrected chi connectivity index (χ4v) is 3.44. The number of amides is 2. The van der Waals surface area contributed by atoms with Crippen molar-refractivity contribution in [3.05, 3.63) is 0 Å². The molecule has 0 aromatic carbocycles. The number of hydrogen-bond donors (Lipinski definition) is 1. The molecule has 3 fully saturated rings. The van der Waals surface area contributed by atoms with Gasteiger partial charge in [0.05, 0.1) is 25.2 Å². The number of nitrogens with zero attached hydrogens (tertiary/aromatic N) is 1. The molecule has 0 spiro atoms. The molecule has 1 saturated carbocycles. The Morgan fingerprint density at radius 3 is 2.57 bits per heavy atom. The lowest BCUT2D eigenvalue weighted by Crippen LogP contribution is -2.53. The Hall–Kier alpha value is -1.02. The molecule has 3 atom stereocenters. The molecular weight excluding hydrogens is 313 g/mol. The van der Waals surface area contributed by atoms with E-state index in [-0.39, 0.29) is 18.5 Å². The van der Waals surface area contributed by atoms with E-state index in [0.717, 1.165) is 32.5 Å². The van der Waals surface area contributed by atoms with Crippen molar-refractivity contribution < 1.29 is 27.4 Å². The van der Waals surface area contributed by atoms with Gasteiger partial charge >= 0.3 is 12.2 Å². The van der Waals surface area contributed by atoms with Crippen molar-refractivity contribution in [2.24, 2.45) is 11.8 Å². The summed E-state index contributed by atoms with van der Waals surface area (Å²) in [5, 5.41) is 2.53. The SMILES string of the molecule is O=C(N[C@@H]1C[C@H]1C(F)(F)F)N1CCOCC1CC1CCOCC1. The van der Waals surface area contributed by atoms with Gasteiger partial charge in [-0.1, -0.05) is 0 Å². The number of nitrogens with one attached hydrogen (secondary N) is 1. The molecule has 1 aliphatic carbocycles. The van der Waals surface area contributed by atoms with Crippen LogP contribution in [-0.2, 0) is 9.47 Å². The molecule has 3 aliphatic rings. The van der Waals surface area contributed by atoms with Gasteiger partial charge in [-0.3, -0.25) is 0 Å². The summed E-state index contributed by atoms with van der Waals surface area (Å²) in [7, 11) is 0. The number of carbonyl (C=O) groups excluding carboxylic acids is 1. The van der Waals surface area contributed by atoms with Gasteiger partial charge in [-0.05, 0) is 31.6 Å². The van der Waals surface area contributed by atoms with Crippen molar-refractivity contribution in [2.45, 2.75) is 43.9 Å². The lowest BCUT2D eigenvalue weighted by molar-refractivity contribution is -0.148. The Bertz CT molecular complexity index is 427. The molecule has 5 nitrogen and oxygen atoms in total. The zero-order valence-electron chi connectivity index (χ0n) is 13.0. The van der Waals surface area contributed by atoms with Crippen LogP contribution in [0, 0.1) is 11.8 Å². The van der Waals surface area contributed by atoms with Crippen LogP contribution in [0.4, 0.5) is 18.0 Å². The molecule has 0 aromatic heterocycles. The van der Waals surface area contributed by atoms with Gasteiger partial charge in [-0.2, -0.15) is 13.2 Å². The number of morpholine rings is 1. The van der Waals surface area contributed by atoms with Crippen molar-refractivity contribution in [1.29, 1.82) is 0 Å². The minimum Gasteiger partial charge on any atom is -0.381 e. The Morgan fingerprint density at radius 2 is 1.91 bits per heavy atom. The molecule has 2 heterocycles. The molecule has 2 saturated heterocycles. The highest BCUT2D eigenvalue weighted by molar-refractivity contribution is 5.75. The highest BCUT2D eigenvalue weighted by Crippen LogP contribution is 2.44. The molecule has 23 heavy (non-hydrogen) atoms. The van der Waals surface area contributed by atoms with Crippen molar-refractivity contribution in [2.75, 3.05) is 33.0 Å². The first-order valence-electron chi connectivity index (χ1n) is 8.24. The first-order chi connectivity index (χ1) is 10.9. The Kier molecular flexibility index (Phi) is 5.01. The molecule has 8 heteroatoms. The van der Waals surface area contributed by atoms with E-state index in [1.807, 2.05) is 0 Å². The van der Waals surface area contributed by atoms with Crippen molar-refractivity contribution in [1.82, 2.24) is 10.2 Å². The maximum Gasteiger partial charge on any atom is 0.393 e. The molecule has 0 aromatic rings. The van der Waals surface area contributed by atoms with Crippen LogP contribution in [0.15, 0.2) is 0 Å². The van der Waals surface area contributed by atoms with E-state index < -0.39 is 18.1 Å². The number of carbonyl (C=O) groups is 1. The van der Waals surface area contributed by atoms with Gasteiger partial charge in [0, 0.05) is 25.8 Å². The molecule has 1 unspecified atom stereocenters. The monoisotopic (exact) mass is 336 g/mol. The number of halogens is 3. The normalized spacial score (nSPS) is 32.7. The highest BCUT2D eigenvalue weighted by Gasteiger charge is 2.56. The minimum absolute atomic E-state index is 0.00971. The summed E-state index contributed by atoms with van der Waals surface area (Å²) in [6, 6.07) is -1.22. The first-order valence-corrected chi connectivity index (χ1v) is 8.24. The summed E-state index contributed by atoms with van der Waals surface area (Å²) < 4.78 is 48.5. The van der Waals surface area contributed by atoms with Crippen molar-refractivity contribution >= 4 is 6.03 Å². The lowest BCUT2D eigenvalue weighted by atomic mass is 9.92. The number of hydrogen-bond acceptors (Lipinski definition) is 3. The van der Waals surface area contributed by atoms with E-state index in [1.54, 1.807) is 4.90 Å². The Balaban J connectivity index is 1.52. The molecule has 2 aliphatic heterocycles. The van der Waals surface area contributed by atoms with E-state index in [9.17, 15) is 18.0 Å². The van der Waals surface area contributed by atoms with Gasteiger partial charge in [-0.25, -0.2) is 4.79 Å². The average Bonchev–Trinajstić information content (AvgIpc) is 3.28. The minimum atomic E-state index is -4.22. The van der Waals surface area contributed by atoms with Gasteiger partial charge in [0.2, 0.25) is 0 Å². The van der Waals surface area contributed by atoms with E-state index in [4.69, 9.17) is 9.47 Å². The third-order valence-corrected chi connectivity index (χ3v) is 4.95. The molecular formula is C15H23F3N2O3. The van der Waals surface area contributed by atoms with Gasteiger partial charge < -0.3 is 19.7 Å². The lowest BCUT2D eigenvalue weighted by Gasteiger charge is -2.38. The second-order valence-corrected chi connectivity index (χ2v) is 6.65. The Morgan fingerprint density at radius 1 is 1.17 bits per heavy atom. The maximum absolute atomic E-state index is 12.6. The predicted octanol–water partition coefficient (Wildman–Crippen LogP) is 2.16. The molecule has 3 rings (SSSR count). The highest BCUT2D eigenvalue weighted by atomic mass is 19.4. The second kappa shape index (κ2) is 6.84. The van der Waals surface area contributed by atoms with Crippen LogP contribution in [0.25, 0.3) is 0 Å². The molecule has 0 radical (unpaired) electrons. The van der Waals surface area contributed by atoms with Gasteiger partial charge in [0.15, 0.2) is 0 Å². The van der Waals surface area contributed by atoms with Crippen LogP contribution < -0.4 is 5.32 Å². The largest absolute Gasteiger partial charge is 0.393 e. The first kappa shape index (κ1) is 16.8. The van der Waals surface area contributed by atoms with E-state index in [1.165, 1.54) is 0 Å². The topological polar surface area (TPSA) is 50.8 Å². The third kappa shape index (κ3) is 4.29. The smallest absolute Gasteiger partial charge is 0.381 e. The van der Waals surface area contributed by atoms with Crippen LogP contribution in [0.3, 0.4) is 0 Å². The zero-order valence-corrected chi connectivity index (χ0v) is 13.0. The van der Waals surface area contributed by atoms with Crippen LogP contribution in [-0.4, -0.2) is 62.2 Å². The van der Waals surface area contributed by atoms with Crippen molar-refractivity contribution in [3.8, 4) is 0 Å². The predicted molar refractivity (Wildman–Crippen MR) is 76.0 cm³/mol. The number of alkyl halides is 3. The third-order valence-electron chi connectivity index (χ3n) is 4.95. The van der Waals surface area contributed by atoms with Crippen LogP contribution in [0.1, 0.15) is 25.7 Å². The van der Waals surface area contributed by atoms with Gasteiger partial charge in [0.25, 0.3) is 0 Å². The van der Waals surface area contributed by atoms with Crippen LogP contribution in [0.2, 0.25) is 0 Å². The molecule has 132 valence electrons. The number of urea groups is 1. The Labute approximate surface area is 133 Å². The van der Waals surface area contributed by atoms with Crippen LogP contribution in [0.5, 0.6) is 0 Å². The summed E-state index contributed by atoms with van der Waals surface area (Å²) in [4.78, 5) is 14.0. The van der Waals surface area contributed by atoms with E-state index in [0.29, 0.717) is 25.7 Å². The summed E-state index contributed by atoms with van der Waals surface area (Å²) in [6.45, 7) is 2.80. The summed E-state index contributed by atoms with van der Waals surface area (Å²) in [5.41, 5.74) is 0. The standard InChI is InChI=1S/C15H23F3N2O3/c16-15(17,18)12-8-13(12)19-14(21)20-3-6-23-9-11(20)7-10-1-4-22-5-2-10/h10-13H,1-9H2,(H,19,21)/t11?,12-,13-/m1/s1. The van der Waals surface area contributed by atoms with Crippen LogP contribution >= 0.6 is 0 Å². The number of ether oxygens (including phenoxy) is 2. The summed E-state index contributed by atoms with van der Waals surface area (Å²) in [6.07, 6.45) is -1.48.